The van der Waals surface area contributed by atoms with Crippen molar-refractivity contribution in [1.82, 2.24) is 0 Å². The molecule has 0 spiro atoms. The predicted octanol–water partition coefficient (Wildman–Crippen LogP) is 1.20. The van der Waals surface area contributed by atoms with Crippen LogP contribution in [0.1, 0.15) is 0 Å². The van der Waals surface area contributed by atoms with Gasteiger partial charge >= 0.3 is 0 Å². The fraction of sp³-hybridized carbons (Fsp3) is 0.800. The average Bonchev–Trinajstić information content (AvgIpc) is 2.57. The summed E-state index contributed by atoms with van der Waals surface area (Å²) in [5.74, 6) is 0. The Morgan fingerprint density at radius 3 is 2.61 bits per heavy atom. The van der Waals surface area contributed by atoms with Crippen molar-refractivity contribution < 1.29 is 18.7 Å². The van der Waals surface area contributed by atoms with Crippen LogP contribution in [0.4, 0.5) is 0 Å². The molecule has 0 N–H and O–H groups in total. The smallest absolute Gasteiger partial charge is 0.182 e. The molecule has 1 heterocycles. The third-order valence-corrected chi connectivity index (χ3v) is 3.79. The highest BCUT2D eigenvalue weighted by atomic mass is 32.1. The zero-order chi connectivity index (χ0) is 13.8. The minimum Gasteiger partial charge on any atom is -0.482 e. The summed E-state index contributed by atoms with van der Waals surface area (Å²) in [6.07, 6.45) is 3.43. The van der Waals surface area contributed by atoms with E-state index in [1.54, 1.807) is 7.11 Å². The topological polar surface area (TPSA) is 36.9 Å². The van der Waals surface area contributed by atoms with Crippen molar-refractivity contribution in [2.24, 2.45) is 0 Å². The summed E-state index contributed by atoms with van der Waals surface area (Å²) in [5, 5.41) is 0. The summed E-state index contributed by atoms with van der Waals surface area (Å²) in [4.78, 5) is 0. The van der Waals surface area contributed by atoms with E-state index in [-0.39, 0.29) is 24.3 Å². The molecule has 1 aliphatic heterocycles. The molecule has 103 valence electrons. The highest BCUT2D eigenvalue weighted by molar-refractivity contribution is 7.78. The van der Waals surface area contributed by atoms with Crippen LogP contribution >= 0.6 is 28.4 Å². The number of thiocarbonyl (C=S) groups is 1. The first-order valence-electron chi connectivity index (χ1n) is 5.58. The molecule has 8 heteroatoms. The quantitative estimate of drug-likeness (QED) is 0.401. The van der Waals surface area contributed by atoms with Gasteiger partial charge in [-0.3, -0.25) is 0 Å². The Morgan fingerprint density at radius 2 is 2.17 bits per heavy atom. The van der Waals surface area contributed by atoms with Gasteiger partial charge in [-0.15, -0.1) is 0 Å². The number of hydrogen-bond donors (Lipinski definition) is 0. The van der Waals surface area contributed by atoms with E-state index >= 15 is 0 Å². The van der Waals surface area contributed by atoms with Crippen LogP contribution in [0.2, 0.25) is 0 Å². The molecular formula is C10H20BO4P2S. The van der Waals surface area contributed by atoms with Gasteiger partial charge in [0.15, 0.2) is 7.00 Å². The molecule has 1 aliphatic rings. The molecule has 1 fully saturated rings. The summed E-state index contributed by atoms with van der Waals surface area (Å²) in [7, 11) is 2.51. The van der Waals surface area contributed by atoms with E-state index in [1.807, 2.05) is 20.3 Å². The Bertz CT molecular complexity index is 325. The van der Waals surface area contributed by atoms with Gasteiger partial charge in [-0.2, -0.15) is 9.12 Å². The molecule has 0 amide bonds. The van der Waals surface area contributed by atoms with Crippen molar-refractivity contribution in [3.05, 3.63) is 0 Å². The standard InChI is InChI=1S/C10H20BO4P2S/c1-12-5-7-8(15-17(2,3)4)9(13-6-18)10(11-16)14-7/h6-10H,2,5,16H2,1,3-4H3/t7-,8+,9?,10-/m1/s1. The molecule has 4 nitrogen and oxygen atoms in total. The second-order valence-electron chi connectivity index (χ2n) is 4.63. The first kappa shape index (κ1) is 16.6. The molecule has 1 rings (SSSR count). The lowest BCUT2D eigenvalue weighted by molar-refractivity contribution is -0.00878. The Morgan fingerprint density at radius 1 is 1.50 bits per heavy atom. The molecule has 18 heavy (non-hydrogen) atoms. The van der Waals surface area contributed by atoms with Crippen molar-refractivity contribution in [2.45, 2.75) is 24.3 Å². The van der Waals surface area contributed by atoms with E-state index in [2.05, 4.69) is 15.4 Å². The van der Waals surface area contributed by atoms with Gasteiger partial charge in [0.1, 0.15) is 23.9 Å². The van der Waals surface area contributed by atoms with Crippen LogP contribution in [-0.4, -0.2) is 70.2 Å². The van der Waals surface area contributed by atoms with Crippen molar-refractivity contribution in [3.63, 3.8) is 0 Å². The van der Waals surface area contributed by atoms with Crippen LogP contribution in [0, 0.1) is 0 Å². The average molecular weight is 309 g/mol. The van der Waals surface area contributed by atoms with Gasteiger partial charge in [-0.25, -0.2) is 0 Å². The summed E-state index contributed by atoms with van der Waals surface area (Å²) in [6, 6.07) is -0.175. The van der Waals surface area contributed by atoms with Gasteiger partial charge in [0, 0.05) is 7.11 Å². The van der Waals surface area contributed by atoms with Crippen LogP contribution in [0.5, 0.6) is 0 Å². The van der Waals surface area contributed by atoms with E-state index in [4.69, 9.17) is 31.0 Å². The Balaban J connectivity index is 2.86. The molecule has 0 aromatic heterocycles. The predicted molar refractivity (Wildman–Crippen MR) is 85.3 cm³/mol. The highest BCUT2D eigenvalue weighted by Crippen LogP contribution is 2.43. The summed E-state index contributed by atoms with van der Waals surface area (Å²) in [5.41, 5.74) is 1.26. The molecule has 5 atom stereocenters. The summed E-state index contributed by atoms with van der Waals surface area (Å²) in [6.45, 7) is 6.33. The van der Waals surface area contributed by atoms with Crippen LogP contribution in [0.15, 0.2) is 0 Å². The van der Waals surface area contributed by atoms with E-state index < -0.39 is 7.11 Å². The van der Waals surface area contributed by atoms with Gasteiger partial charge in [0.05, 0.1) is 12.6 Å². The molecule has 0 aromatic rings. The minimum atomic E-state index is -1.66. The summed E-state index contributed by atoms with van der Waals surface area (Å²) >= 11 is 4.77. The van der Waals surface area contributed by atoms with E-state index in [0.29, 0.717) is 6.61 Å². The molecule has 1 saturated heterocycles. The second-order valence-corrected chi connectivity index (χ2v) is 8.56. The van der Waals surface area contributed by atoms with E-state index in [9.17, 15) is 0 Å². The monoisotopic (exact) mass is 309 g/mol. The second kappa shape index (κ2) is 7.37. The number of methoxy groups -OCH3 is 1. The molecule has 0 aliphatic carbocycles. The fourth-order valence-electron chi connectivity index (χ4n) is 1.88. The molecule has 1 radical (unpaired) electrons. The first-order chi connectivity index (χ1) is 8.42. The van der Waals surface area contributed by atoms with Gasteiger partial charge < -0.3 is 18.7 Å². The first-order valence-corrected chi connectivity index (χ1v) is 9.50. The van der Waals surface area contributed by atoms with Gasteiger partial charge in [-0.1, -0.05) is 6.30 Å². The van der Waals surface area contributed by atoms with Gasteiger partial charge in [-0.05, 0) is 32.7 Å². The summed E-state index contributed by atoms with van der Waals surface area (Å²) < 4.78 is 22.5. The molecule has 0 aromatic carbocycles. The van der Waals surface area contributed by atoms with Gasteiger partial charge in [0.2, 0.25) is 0 Å². The lowest BCUT2D eigenvalue weighted by Crippen LogP contribution is -2.38. The Kier molecular flexibility index (Phi) is 6.81. The zero-order valence-electron chi connectivity index (χ0n) is 10.9. The third-order valence-electron chi connectivity index (χ3n) is 2.49. The van der Waals surface area contributed by atoms with E-state index in [0.717, 1.165) is 0 Å². The molecular weight excluding hydrogens is 289 g/mol. The van der Waals surface area contributed by atoms with Crippen molar-refractivity contribution >= 4 is 47.3 Å². The maximum Gasteiger partial charge on any atom is 0.182 e. The highest BCUT2D eigenvalue weighted by Gasteiger charge is 2.46. The number of rotatable bonds is 7. The molecule has 0 bridgehead atoms. The van der Waals surface area contributed by atoms with Crippen LogP contribution in [0.25, 0.3) is 0 Å². The molecule has 0 saturated carbocycles. The SMILES string of the molecule is C=P(C)(C)O[C@@H]1C(OC=S)[C@H]([B]P)O[C@@H]1COC. The zero-order valence-corrected chi connectivity index (χ0v) is 13.8. The lowest BCUT2D eigenvalue weighted by Gasteiger charge is -2.27. The number of ether oxygens (including phenoxy) is 3. The minimum absolute atomic E-state index is 0.169. The lowest BCUT2D eigenvalue weighted by atomic mass is 9.91. The van der Waals surface area contributed by atoms with Crippen LogP contribution in [-0.2, 0) is 18.7 Å². The van der Waals surface area contributed by atoms with Crippen molar-refractivity contribution in [1.29, 1.82) is 0 Å². The maximum atomic E-state index is 6.04. The van der Waals surface area contributed by atoms with Crippen LogP contribution < -0.4 is 0 Å². The Hall–Kier alpha value is 0.565. The van der Waals surface area contributed by atoms with Crippen LogP contribution in [0.3, 0.4) is 0 Å². The van der Waals surface area contributed by atoms with Crippen molar-refractivity contribution in [2.75, 3.05) is 27.0 Å². The molecule has 2 unspecified atom stereocenters. The fourth-order valence-corrected chi connectivity index (χ4v) is 3.24. The maximum absolute atomic E-state index is 6.04. The Labute approximate surface area is 118 Å². The van der Waals surface area contributed by atoms with E-state index in [1.165, 1.54) is 5.55 Å². The third kappa shape index (κ3) is 4.59. The van der Waals surface area contributed by atoms with Gasteiger partial charge in [0.25, 0.3) is 0 Å². The van der Waals surface area contributed by atoms with Crippen molar-refractivity contribution in [3.8, 4) is 0 Å². The number of hydrogen-bond acceptors (Lipinski definition) is 5. The normalized spacial score (nSPS) is 32.2. The largest absolute Gasteiger partial charge is 0.482 e.